The molecule has 2 rings (SSSR count). The van der Waals surface area contributed by atoms with Crippen molar-refractivity contribution in [1.29, 1.82) is 0 Å². The lowest BCUT2D eigenvalue weighted by Crippen LogP contribution is -1.95. The lowest BCUT2D eigenvalue weighted by molar-refractivity contribution is 0.630. The van der Waals surface area contributed by atoms with Gasteiger partial charge in [0, 0.05) is 11.6 Å². The number of hydrogen-bond acceptors (Lipinski definition) is 3. The molecule has 1 heterocycles. The maximum atomic E-state index is 13.4. The minimum Gasteiger partial charge on any atom is -0.384 e. The molecule has 0 bridgehead atoms. The summed E-state index contributed by atoms with van der Waals surface area (Å²) in [5.74, 6) is -0.0502. The Labute approximate surface area is 90.8 Å². The second-order valence-electron chi connectivity index (χ2n) is 3.00. The third-order valence-electron chi connectivity index (χ3n) is 1.93. The van der Waals surface area contributed by atoms with E-state index in [4.69, 9.17) is 18.0 Å². The summed E-state index contributed by atoms with van der Waals surface area (Å²) in [6.07, 6.45) is 0. The highest BCUT2D eigenvalue weighted by atomic mass is 32.1. The molecule has 0 saturated heterocycles. The predicted octanol–water partition coefficient (Wildman–Crippen LogP) is 2.53. The Bertz CT molecular complexity index is 550. The first-order valence-electron chi connectivity index (χ1n) is 4.28. The maximum Gasteiger partial charge on any atom is 0.199 e. The Hall–Kier alpha value is -1.75. The second kappa shape index (κ2) is 3.78. The highest BCUT2D eigenvalue weighted by Crippen LogP contribution is 2.20. The monoisotopic (exact) mass is 221 g/mol. The lowest BCUT2D eigenvalue weighted by Gasteiger charge is -2.03. The molecule has 0 spiro atoms. The Balaban J connectivity index is 2.64. The zero-order chi connectivity index (χ0) is 10.8. The van der Waals surface area contributed by atoms with Crippen LogP contribution in [0.25, 0.3) is 11.3 Å². The topological polar surface area (TPSA) is 54.7 Å². The van der Waals surface area contributed by atoms with Crippen LogP contribution < -0.4 is 5.73 Å². The Kier molecular flexibility index (Phi) is 2.47. The van der Waals surface area contributed by atoms with Gasteiger partial charge in [0.15, 0.2) is 4.77 Å². The molecule has 3 nitrogen and oxygen atoms in total. The molecule has 0 fully saturated rings. The van der Waals surface area contributed by atoms with E-state index < -0.39 is 0 Å². The third kappa shape index (κ3) is 2.02. The van der Waals surface area contributed by atoms with Crippen LogP contribution >= 0.6 is 12.2 Å². The average Bonchev–Trinajstić information content (AvgIpc) is 2.16. The first kappa shape index (κ1) is 9.79. The van der Waals surface area contributed by atoms with Crippen LogP contribution in [0.5, 0.6) is 0 Å². The molecule has 0 radical (unpaired) electrons. The minimum absolute atomic E-state index is 0.244. The summed E-state index contributed by atoms with van der Waals surface area (Å²) >= 11 is 4.86. The summed E-state index contributed by atoms with van der Waals surface area (Å²) in [5, 5.41) is 0. The number of halogens is 1. The molecule has 1 aromatic carbocycles. The summed E-state index contributed by atoms with van der Waals surface area (Å²) in [5.41, 5.74) is 6.49. The minimum atomic E-state index is -0.325. The summed E-state index contributed by atoms with van der Waals surface area (Å²) in [6.45, 7) is 0. The van der Waals surface area contributed by atoms with Crippen molar-refractivity contribution >= 4 is 18.0 Å². The van der Waals surface area contributed by atoms with E-state index >= 15 is 0 Å². The van der Waals surface area contributed by atoms with Gasteiger partial charge in [0.25, 0.3) is 0 Å². The molecule has 3 N–H and O–H groups in total. The molecule has 0 aliphatic rings. The Morgan fingerprint density at radius 1 is 1.33 bits per heavy atom. The van der Waals surface area contributed by atoms with E-state index in [0.717, 1.165) is 0 Å². The number of nitrogens with zero attached hydrogens (tertiary/aromatic N) is 1. The average molecular weight is 221 g/mol. The van der Waals surface area contributed by atoms with Crippen LogP contribution in [0.15, 0.2) is 30.3 Å². The van der Waals surface area contributed by atoms with Crippen molar-refractivity contribution in [2.24, 2.45) is 0 Å². The van der Waals surface area contributed by atoms with Gasteiger partial charge in [0.1, 0.15) is 11.6 Å². The van der Waals surface area contributed by atoms with E-state index in [1.54, 1.807) is 24.3 Å². The number of nitrogens with one attached hydrogen (secondary N) is 1. The largest absolute Gasteiger partial charge is 0.384 e. The molecule has 15 heavy (non-hydrogen) atoms. The Morgan fingerprint density at radius 3 is 2.73 bits per heavy atom. The molecule has 0 unspecified atom stereocenters. The molecule has 76 valence electrons. The van der Waals surface area contributed by atoms with Crippen LogP contribution in [0.1, 0.15) is 0 Å². The Morgan fingerprint density at radius 2 is 2.07 bits per heavy atom. The molecule has 0 saturated carbocycles. The smallest absolute Gasteiger partial charge is 0.199 e. The molecule has 0 aliphatic heterocycles. The van der Waals surface area contributed by atoms with Crippen molar-refractivity contribution in [2.45, 2.75) is 0 Å². The van der Waals surface area contributed by atoms with E-state index in [1.807, 2.05) is 0 Å². The van der Waals surface area contributed by atoms with Gasteiger partial charge in [-0.25, -0.2) is 9.37 Å². The molecule has 1 aromatic heterocycles. The predicted molar refractivity (Wildman–Crippen MR) is 59.2 cm³/mol. The van der Waals surface area contributed by atoms with Crippen molar-refractivity contribution in [3.05, 3.63) is 40.9 Å². The lowest BCUT2D eigenvalue weighted by atomic mass is 10.1. The SMILES string of the molecule is Nc1cc(-c2ccccc2F)[nH]c(=S)n1. The van der Waals surface area contributed by atoms with Gasteiger partial charge in [-0.3, -0.25) is 0 Å². The number of rotatable bonds is 1. The molecular formula is C10H8FN3S. The summed E-state index contributed by atoms with van der Waals surface area (Å²) in [4.78, 5) is 6.59. The van der Waals surface area contributed by atoms with Crippen molar-refractivity contribution in [3.8, 4) is 11.3 Å². The number of anilines is 1. The second-order valence-corrected chi connectivity index (χ2v) is 3.39. The first-order valence-corrected chi connectivity index (χ1v) is 4.69. The third-order valence-corrected chi connectivity index (χ3v) is 2.12. The number of hydrogen-bond donors (Lipinski definition) is 2. The van der Waals surface area contributed by atoms with Gasteiger partial charge in [0.2, 0.25) is 0 Å². The highest BCUT2D eigenvalue weighted by Gasteiger charge is 2.04. The van der Waals surface area contributed by atoms with Crippen LogP contribution in [0, 0.1) is 10.6 Å². The van der Waals surface area contributed by atoms with Crippen LogP contribution in [0.3, 0.4) is 0 Å². The fraction of sp³-hybridized carbons (Fsp3) is 0. The summed E-state index contributed by atoms with van der Waals surface area (Å²) < 4.78 is 13.7. The van der Waals surface area contributed by atoms with Crippen LogP contribution in [-0.2, 0) is 0 Å². The van der Waals surface area contributed by atoms with E-state index in [9.17, 15) is 4.39 Å². The fourth-order valence-electron chi connectivity index (χ4n) is 1.30. The number of aromatic nitrogens is 2. The maximum absolute atomic E-state index is 13.4. The molecule has 0 atom stereocenters. The van der Waals surface area contributed by atoms with E-state index in [1.165, 1.54) is 6.07 Å². The highest BCUT2D eigenvalue weighted by molar-refractivity contribution is 7.71. The van der Waals surface area contributed by atoms with Crippen molar-refractivity contribution in [3.63, 3.8) is 0 Å². The van der Waals surface area contributed by atoms with Gasteiger partial charge in [-0.2, -0.15) is 0 Å². The molecule has 0 aliphatic carbocycles. The molecular weight excluding hydrogens is 213 g/mol. The number of nitrogen functional groups attached to an aromatic ring is 1. The molecule has 0 amide bonds. The normalized spacial score (nSPS) is 10.2. The summed E-state index contributed by atoms with van der Waals surface area (Å²) in [7, 11) is 0. The number of aromatic amines is 1. The number of benzene rings is 1. The number of H-pyrrole nitrogens is 1. The zero-order valence-corrected chi connectivity index (χ0v) is 8.51. The van der Waals surface area contributed by atoms with Gasteiger partial charge in [-0.1, -0.05) is 12.1 Å². The van der Waals surface area contributed by atoms with E-state index in [2.05, 4.69) is 9.97 Å². The van der Waals surface area contributed by atoms with Crippen LogP contribution in [0.2, 0.25) is 0 Å². The van der Waals surface area contributed by atoms with Gasteiger partial charge >= 0.3 is 0 Å². The van der Waals surface area contributed by atoms with E-state index in [0.29, 0.717) is 11.3 Å². The summed E-state index contributed by atoms with van der Waals surface area (Å²) in [6, 6.07) is 7.94. The van der Waals surface area contributed by atoms with Crippen molar-refractivity contribution in [2.75, 3.05) is 5.73 Å². The van der Waals surface area contributed by atoms with Gasteiger partial charge in [-0.05, 0) is 24.4 Å². The number of nitrogens with two attached hydrogens (primary N) is 1. The van der Waals surface area contributed by atoms with E-state index in [-0.39, 0.29) is 16.4 Å². The van der Waals surface area contributed by atoms with Gasteiger partial charge in [-0.15, -0.1) is 0 Å². The van der Waals surface area contributed by atoms with Crippen LogP contribution in [-0.4, -0.2) is 9.97 Å². The van der Waals surface area contributed by atoms with Crippen LogP contribution in [0.4, 0.5) is 10.2 Å². The standard InChI is InChI=1S/C10H8FN3S/c11-7-4-2-1-3-6(7)8-5-9(12)14-10(15)13-8/h1-5H,(H3,12,13,14,15). The molecule has 5 heteroatoms. The quantitative estimate of drug-likeness (QED) is 0.727. The van der Waals surface area contributed by atoms with Crippen molar-refractivity contribution in [1.82, 2.24) is 9.97 Å². The van der Waals surface area contributed by atoms with Gasteiger partial charge in [0.05, 0.1) is 5.69 Å². The zero-order valence-electron chi connectivity index (χ0n) is 7.70. The van der Waals surface area contributed by atoms with Crippen molar-refractivity contribution < 1.29 is 4.39 Å². The fourth-order valence-corrected chi connectivity index (χ4v) is 1.52. The molecule has 2 aromatic rings. The first-order chi connectivity index (χ1) is 7.16. The van der Waals surface area contributed by atoms with Gasteiger partial charge < -0.3 is 10.7 Å².